The molecule has 1 fully saturated rings. The summed E-state index contributed by atoms with van der Waals surface area (Å²) in [5.74, 6) is 0.519. The summed E-state index contributed by atoms with van der Waals surface area (Å²) in [6, 6.07) is 9.50. The van der Waals surface area contributed by atoms with Crippen molar-refractivity contribution in [3.8, 4) is 23.0 Å². The van der Waals surface area contributed by atoms with Gasteiger partial charge in [0.1, 0.15) is 5.75 Å². The number of H-pyrrole nitrogens is 1. The first-order valence-electron chi connectivity index (χ1n) is 10.7. The number of hydrogen-bond acceptors (Lipinski definition) is 6. The quantitative estimate of drug-likeness (QED) is 0.601. The molecule has 33 heavy (non-hydrogen) atoms. The molecule has 2 aromatic carbocycles. The average molecular weight is 450 g/mol. The number of nitrogens with zero attached hydrogens (tertiary/aromatic N) is 1. The fraction of sp³-hybridized carbons (Fsp3) is 0.360. The first kappa shape index (κ1) is 21.2. The zero-order chi connectivity index (χ0) is 23.4. The molecule has 2 aliphatic rings. The summed E-state index contributed by atoms with van der Waals surface area (Å²) in [5, 5.41) is 0.916. The minimum atomic E-state index is -0.573. The lowest BCUT2D eigenvalue weighted by atomic mass is 9.69. The van der Waals surface area contributed by atoms with Crippen molar-refractivity contribution < 1.29 is 28.5 Å². The molecule has 5 rings (SSSR count). The number of hydrogen-bond donors (Lipinski definition) is 1. The summed E-state index contributed by atoms with van der Waals surface area (Å²) in [6.07, 6.45) is 0.568. The third-order valence-corrected chi connectivity index (χ3v) is 6.98. The number of fused-ring (bicyclic) bond motifs is 5. The number of carbonyl (C=O) groups is 2. The smallest absolute Gasteiger partial charge is 0.237 e. The molecule has 8 nitrogen and oxygen atoms in total. The third kappa shape index (κ3) is 2.97. The van der Waals surface area contributed by atoms with E-state index in [0.29, 0.717) is 29.4 Å². The molecule has 1 saturated heterocycles. The highest BCUT2D eigenvalue weighted by Crippen LogP contribution is 2.53. The molecule has 1 aliphatic carbocycles. The van der Waals surface area contributed by atoms with Gasteiger partial charge in [0.05, 0.1) is 40.3 Å². The number of ether oxygens (including phenoxy) is 4. The van der Waals surface area contributed by atoms with Gasteiger partial charge in [-0.2, -0.15) is 0 Å². The van der Waals surface area contributed by atoms with Crippen molar-refractivity contribution in [3.05, 3.63) is 47.2 Å². The highest BCUT2D eigenvalue weighted by atomic mass is 16.5. The highest BCUT2D eigenvalue weighted by Gasteiger charge is 2.54. The van der Waals surface area contributed by atoms with Crippen LogP contribution in [0.25, 0.3) is 10.9 Å². The second-order valence-corrected chi connectivity index (χ2v) is 8.44. The maximum absolute atomic E-state index is 13.3. The predicted molar refractivity (Wildman–Crippen MR) is 121 cm³/mol. The average Bonchev–Trinajstić information content (AvgIpc) is 3.32. The molecule has 172 valence electrons. The monoisotopic (exact) mass is 450 g/mol. The highest BCUT2D eigenvalue weighted by molar-refractivity contribution is 6.10. The Balaban J connectivity index is 1.72. The van der Waals surface area contributed by atoms with Crippen LogP contribution in [0.4, 0.5) is 0 Å². The maximum atomic E-state index is 13.3. The molecule has 1 aromatic heterocycles. The van der Waals surface area contributed by atoms with Gasteiger partial charge >= 0.3 is 0 Å². The summed E-state index contributed by atoms with van der Waals surface area (Å²) < 4.78 is 22.0. The predicted octanol–water partition coefficient (Wildman–Crippen LogP) is 3.24. The number of carbonyl (C=O) groups excluding carboxylic acids is 2. The number of aromatic nitrogens is 1. The molecule has 1 aliphatic heterocycles. The molecule has 0 unspecified atom stereocenters. The Kier molecular flexibility index (Phi) is 4.96. The van der Waals surface area contributed by atoms with E-state index in [1.54, 1.807) is 35.5 Å². The van der Waals surface area contributed by atoms with E-state index in [2.05, 4.69) is 4.98 Å². The fourth-order valence-electron chi connectivity index (χ4n) is 5.42. The third-order valence-electron chi connectivity index (χ3n) is 6.98. The normalized spacial score (nSPS) is 21.7. The molecule has 3 aromatic rings. The van der Waals surface area contributed by atoms with Crippen LogP contribution < -0.4 is 18.9 Å². The van der Waals surface area contributed by atoms with E-state index in [0.717, 1.165) is 27.7 Å². The van der Waals surface area contributed by atoms with E-state index in [9.17, 15) is 9.59 Å². The summed E-state index contributed by atoms with van der Waals surface area (Å²) in [6.45, 7) is 0. The van der Waals surface area contributed by atoms with Gasteiger partial charge < -0.3 is 23.9 Å². The van der Waals surface area contributed by atoms with Crippen LogP contribution in [-0.4, -0.2) is 57.2 Å². The number of rotatable bonds is 5. The van der Waals surface area contributed by atoms with Crippen molar-refractivity contribution in [1.82, 2.24) is 9.88 Å². The largest absolute Gasteiger partial charge is 0.497 e. The molecule has 8 heteroatoms. The molecule has 2 heterocycles. The molecule has 0 radical (unpaired) electrons. The number of amides is 2. The van der Waals surface area contributed by atoms with E-state index in [1.807, 2.05) is 30.3 Å². The standard InChI is InChI=1S/C25H26N2O6/c1-27-24(28)21-14(12-8-18(31-3)23(33-5)19(9-12)32-4)11-17-20(22(21)25(27)29)15-10-13(30-2)6-7-16(15)26-17/h6-10,14,21-22,26H,11H2,1-5H3/t14-,21+,22-/m1/s1. The lowest BCUT2D eigenvalue weighted by molar-refractivity contribution is -0.138. The Labute approximate surface area is 191 Å². The molecular weight excluding hydrogens is 424 g/mol. The van der Waals surface area contributed by atoms with Gasteiger partial charge in [-0.25, -0.2) is 0 Å². The second-order valence-electron chi connectivity index (χ2n) is 8.44. The van der Waals surface area contributed by atoms with Gasteiger partial charge in [-0.15, -0.1) is 0 Å². The van der Waals surface area contributed by atoms with Crippen LogP contribution in [0.15, 0.2) is 30.3 Å². The van der Waals surface area contributed by atoms with E-state index in [1.165, 1.54) is 4.90 Å². The van der Waals surface area contributed by atoms with Crippen LogP contribution in [0.5, 0.6) is 23.0 Å². The first-order chi connectivity index (χ1) is 15.9. The number of likely N-dealkylation sites (tertiary alicyclic amines) is 1. The van der Waals surface area contributed by atoms with Gasteiger partial charge in [-0.1, -0.05) is 0 Å². The molecule has 2 amide bonds. The van der Waals surface area contributed by atoms with Crippen LogP contribution in [0, 0.1) is 5.92 Å². The van der Waals surface area contributed by atoms with Crippen LogP contribution in [0.2, 0.25) is 0 Å². The van der Waals surface area contributed by atoms with Gasteiger partial charge in [0.2, 0.25) is 17.6 Å². The number of nitrogens with one attached hydrogen (secondary N) is 1. The summed E-state index contributed by atoms with van der Waals surface area (Å²) >= 11 is 0. The molecule has 0 saturated carbocycles. The van der Waals surface area contributed by atoms with E-state index >= 15 is 0 Å². The second kappa shape index (κ2) is 7.72. The molecular formula is C25H26N2O6. The zero-order valence-electron chi connectivity index (χ0n) is 19.2. The van der Waals surface area contributed by atoms with Crippen LogP contribution >= 0.6 is 0 Å². The Morgan fingerprint density at radius 3 is 2.21 bits per heavy atom. The Morgan fingerprint density at radius 1 is 0.909 bits per heavy atom. The van der Waals surface area contributed by atoms with Crippen molar-refractivity contribution in [3.63, 3.8) is 0 Å². The lowest BCUT2D eigenvalue weighted by Gasteiger charge is -2.32. The zero-order valence-corrected chi connectivity index (χ0v) is 19.2. The van der Waals surface area contributed by atoms with Crippen molar-refractivity contribution in [2.24, 2.45) is 5.92 Å². The number of methoxy groups -OCH3 is 4. The molecule has 0 bridgehead atoms. The van der Waals surface area contributed by atoms with Gasteiger partial charge in [-0.05, 0) is 47.9 Å². The minimum absolute atomic E-state index is 0.174. The summed E-state index contributed by atoms with van der Waals surface area (Å²) in [7, 11) is 7.85. The lowest BCUT2D eigenvalue weighted by Crippen LogP contribution is -2.31. The molecule has 0 spiro atoms. The number of benzene rings is 2. The Morgan fingerprint density at radius 2 is 1.61 bits per heavy atom. The van der Waals surface area contributed by atoms with E-state index in [-0.39, 0.29) is 17.7 Å². The maximum Gasteiger partial charge on any atom is 0.237 e. The van der Waals surface area contributed by atoms with Crippen molar-refractivity contribution in [1.29, 1.82) is 0 Å². The van der Waals surface area contributed by atoms with Gasteiger partial charge in [0, 0.05) is 29.6 Å². The van der Waals surface area contributed by atoms with Gasteiger partial charge in [0.15, 0.2) is 11.5 Å². The SMILES string of the molecule is COc1ccc2[nH]c3c(c2c1)[C@H]1C(=O)N(C)C(=O)[C@H]1[C@@H](c1cc(OC)c(OC)c(OC)c1)C3. The Bertz CT molecular complexity index is 1250. The van der Waals surface area contributed by atoms with Crippen LogP contribution in [0.3, 0.4) is 0 Å². The van der Waals surface area contributed by atoms with Crippen molar-refractivity contribution in [2.75, 3.05) is 35.5 Å². The topological polar surface area (TPSA) is 90.1 Å². The van der Waals surface area contributed by atoms with Gasteiger partial charge in [-0.3, -0.25) is 14.5 Å². The first-order valence-corrected chi connectivity index (χ1v) is 10.7. The number of likely N-dealkylation sites (N-methyl/N-ethyl adjacent to an activating group) is 1. The van der Waals surface area contributed by atoms with E-state index in [4.69, 9.17) is 18.9 Å². The van der Waals surface area contributed by atoms with Crippen LogP contribution in [-0.2, 0) is 16.0 Å². The summed E-state index contributed by atoms with van der Waals surface area (Å²) in [4.78, 5) is 31.4. The summed E-state index contributed by atoms with van der Waals surface area (Å²) in [5.41, 5.74) is 3.62. The van der Waals surface area contributed by atoms with Gasteiger partial charge in [0.25, 0.3) is 0 Å². The molecule has 3 atom stereocenters. The molecule has 1 N–H and O–H groups in total. The number of imide groups is 1. The van der Waals surface area contributed by atoms with Crippen LogP contribution in [0.1, 0.15) is 28.7 Å². The van der Waals surface area contributed by atoms with Crippen molar-refractivity contribution in [2.45, 2.75) is 18.3 Å². The minimum Gasteiger partial charge on any atom is -0.497 e. The van der Waals surface area contributed by atoms with Crippen molar-refractivity contribution >= 4 is 22.7 Å². The van der Waals surface area contributed by atoms with E-state index < -0.39 is 11.8 Å². The number of aromatic amines is 1. The fourth-order valence-corrected chi connectivity index (χ4v) is 5.42. The Hall–Kier alpha value is -3.68.